The fraction of sp³-hybridized carbons (Fsp3) is 0.0625. The lowest BCUT2D eigenvalue weighted by molar-refractivity contribution is 0.0690. The number of aromatic carboxylic acids is 1. The third kappa shape index (κ3) is 2.46. The van der Waals surface area contributed by atoms with Crippen LogP contribution in [0.3, 0.4) is 0 Å². The number of nitrogens with zero attached hydrogens (tertiary/aromatic N) is 3. The molecule has 0 aliphatic carbocycles. The second-order valence-electron chi connectivity index (χ2n) is 4.81. The molecule has 3 aromatic rings. The number of carboxylic acid groups (broad SMARTS) is 1. The van der Waals surface area contributed by atoms with E-state index in [1.54, 1.807) is 43.6 Å². The monoisotopic (exact) mass is 297 g/mol. The van der Waals surface area contributed by atoms with Crippen molar-refractivity contribution in [2.24, 2.45) is 0 Å². The molecule has 0 saturated carbocycles. The van der Waals surface area contributed by atoms with E-state index in [4.69, 9.17) is 5.11 Å². The molecule has 0 radical (unpaired) electrons. The van der Waals surface area contributed by atoms with E-state index in [2.05, 4.69) is 10.1 Å². The molecule has 0 aliphatic rings. The van der Waals surface area contributed by atoms with Crippen molar-refractivity contribution in [3.63, 3.8) is 0 Å². The van der Waals surface area contributed by atoms with Gasteiger partial charge in [0, 0.05) is 11.8 Å². The number of aryl methyl sites for hydroxylation is 1. The van der Waals surface area contributed by atoms with E-state index in [1.165, 1.54) is 16.8 Å². The van der Waals surface area contributed by atoms with Crippen molar-refractivity contribution in [2.75, 3.05) is 0 Å². The van der Waals surface area contributed by atoms with Gasteiger partial charge in [0.05, 0.1) is 17.6 Å². The average molecular weight is 297 g/mol. The van der Waals surface area contributed by atoms with Crippen LogP contribution < -0.4 is 0 Å². The average Bonchev–Trinajstić information content (AvgIpc) is 2.96. The summed E-state index contributed by atoms with van der Waals surface area (Å²) in [5.74, 6) is -1.50. The zero-order valence-electron chi connectivity index (χ0n) is 11.7. The minimum Gasteiger partial charge on any atom is -0.476 e. The Kier molecular flexibility index (Phi) is 3.42. The number of hydrogen-bond acceptors (Lipinski definition) is 3. The topological polar surface area (TPSA) is 68.0 Å². The summed E-state index contributed by atoms with van der Waals surface area (Å²) in [6.45, 7) is 1.67. The highest BCUT2D eigenvalue weighted by atomic mass is 19.1. The molecule has 6 heteroatoms. The molecule has 110 valence electrons. The number of benzene rings is 1. The van der Waals surface area contributed by atoms with Crippen LogP contribution in [0.15, 0.2) is 48.8 Å². The molecule has 0 amide bonds. The molecule has 0 saturated heterocycles. The normalized spacial score (nSPS) is 10.6. The highest BCUT2D eigenvalue weighted by molar-refractivity contribution is 5.87. The van der Waals surface area contributed by atoms with Gasteiger partial charge in [-0.05, 0) is 36.8 Å². The van der Waals surface area contributed by atoms with Gasteiger partial charge in [0.2, 0.25) is 0 Å². The number of carboxylic acids is 1. The maximum atomic E-state index is 13.8. The van der Waals surface area contributed by atoms with Crippen LogP contribution in [0.2, 0.25) is 0 Å². The van der Waals surface area contributed by atoms with E-state index >= 15 is 0 Å². The Morgan fingerprint density at radius 1 is 1.27 bits per heavy atom. The fourth-order valence-corrected chi connectivity index (χ4v) is 2.12. The molecule has 3 rings (SSSR count). The number of pyridine rings is 1. The first-order valence-electron chi connectivity index (χ1n) is 6.56. The van der Waals surface area contributed by atoms with Crippen molar-refractivity contribution >= 4 is 5.97 Å². The summed E-state index contributed by atoms with van der Waals surface area (Å²) in [6, 6.07) is 9.63. The predicted octanol–water partition coefficient (Wildman–Crippen LogP) is 3.08. The van der Waals surface area contributed by atoms with Gasteiger partial charge in [-0.2, -0.15) is 5.10 Å². The zero-order valence-corrected chi connectivity index (χ0v) is 11.7. The third-order valence-corrected chi connectivity index (χ3v) is 3.29. The Morgan fingerprint density at radius 3 is 2.73 bits per heavy atom. The molecule has 0 fully saturated rings. The van der Waals surface area contributed by atoms with Crippen molar-refractivity contribution in [2.45, 2.75) is 6.92 Å². The number of carbonyl (C=O) groups is 1. The van der Waals surface area contributed by atoms with E-state index in [0.717, 1.165) is 0 Å². The van der Waals surface area contributed by atoms with Crippen LogP contribution in [0, 0.1) is 12.7 Å². The molecule has 0 spiro atoms. The highest BCUT2D eigenvalue weighted by Gasteiger charge is 2.16. The molecular weight excluding hydrogens is 285 g/mol. The van der Waals surface area contributed by atoms with Crippen molar-refractivity contribution in [1.29, 1.82) is 0 Å². The van der Waals surface area contributed by atoms with Crippen LogP contribution in [0.5, 0.6) is 0 Å². The summed E-state index contributed by atoms with van der Waals surface area (Å²) in [5, 5.41) is 13.2. The van der Waals surface area contributed by atoms with Crippen LogP contribution in [-0.2, 0) is 0 Å². The van der Waals surface area contributed by atoms with Gasteiger partial charge in [0.15, 0.2) is 5.69 Å². The van der Waals surface area contributed by atoms with E-state index in [0.29, 0.717) is 22.5 Å². The van der Waals surface area contributed by atoms with Crippen molar-refractivity contribution in [1.82, 2.24) is 14.8 Å². The molecule has 2 aromatic heterocycles. The number of halogens is 1. The van der Waals surface area contributed by atoms with Gasteiger partial charge in [-0.1, -0.05) is 12.1 Å². The number of aromatic nitrogens is 3. The Bertz CT molecular complexity index is 844. The highest BCUT2D eigenvalue weighted by Crippen LogP contribution is 2.25. The Morgan fingerprint density at radius 2 is 2.09 bits per heavy atom. The van der Waals surface area contributed by atoms with Crippen LogP contribution >= 0.6 is 0 Å². The number of hydrogen-bond donors (Lipinski definition) is 1. The SMILES string of the molecule is Cc1ccc(-c2cc(C(=O)O)nn2-c2cccnc2)cc1F. The molecule has 0 unspecified atom stereocenters. The Labute approximate surface area is 125 Å². The van der Waals surface area contributed by atoms with Crippen LogP contribution in [0.25, 0.3) is 16.9 Å². The minimum atomic E-state index is -1.14. The summed E-state index contributed by atoms with van der Waals surface area (Å²) in [4.78, 5) is 15.2. The Hall–Kier alpha value is -3.02. The second-order valence-corrected chi connectivity index (χ2v) is 4.81. The summed E-state index contributed by atoms with van der Waals surface area (Å²) in [6.07, 6.45) is 3.17. The van der Waals surface area contributed by atoms with E-state index in [-0.39, 0.29) is 11.5 Å². The molecule has 0 atom stereocenters. The molecule has 2 heterocycles. The fourth-order valence-electron chi connectivity index (χ4n) is 2.12. The molecule has 1 N–H and O–H groups in total. The van der Waals surface area contributed by atoms with Crippen molar-refractivity contribution in [3.05, 3.63) is 65.9 Å². The lowest BCUT2D eigenvalue weighted by atomic mass is 10.1. The first-order chi connectivity index (χ1) is 10.6. The van der Waals surface area contributed by atoms with Gasteiger partial charge in [-0.15, -0.1) is 0 Å². The molecule has 1 aromatic carbocycles. The van der Waals surface area contributed by atoms with Gasteiger partial charge in [-0.3, -0.25) is 4.98 Å². The van der Waals surface area contributed by atoms with Gasteiger partial charge >= 0.3 is 5.97 Å². The Balaban J connectivity index is 2.21. The molecular formula is C16H12FN3O2. The molecule has 5 nitrogen and oxygen atoms in total. The van der Waals surface area contributed by atoms with Gasteiger partial charge < -0.3 is 5.11 Å². The first-order valence-corrected chi connectivity index (χ1v) is 6.56. The minimum absolute atomic E-state index is 0.111. The smallest absolute Gasteiger partial charge is 0.356 e. The maximum absolute atomic E-state index is 13.8. The van der Waals surface area contributed by atoms with Crippen LogP contribution in [0.1, 0.15) is 16.1 Å². The maximum Gasteiger partial charge on any atom is 0.356 e. The lowest BCUT2D eigenvalue weighted by Crippen LogP contribution is -2.02. The second kappa shape index (κ2) is 5.40. The number of rotatable bonds is 3. The molecule has 22 heavy (non-hydrogen) atoms. The molecule has 0 aliphatic heterocycles. The predicted molar refractivity (Wildman–Crippen MR) is 78.4 cm³/mol. The lowest BCUT2D eigenvalue weighted by Gasteiger charge is -2.07. The largest absolute Gasteiger partial charge is 0.476 e. The van der Waals surface area contributed by atoms with Gasteiger partial charge in [0.25, 0.3) is 0 Å². The van der Waals surface area contributed by atoms with E-state index in [1.807, 2.05) is 0 Å². The van der Waals surface area contributed by atoms with Crippen molar-refractivity contribution in [3.8, 4) is 16.9 Å². The van der Waals surface area contributed by atoms with E-state index < -0.39 is 5.97 Å². The standard InChI is InChI=1S/C16H12FN3O2/c1-10-4-5-11(7-13(10)17)15-8-14(16(21)22)19-20(15)12-3-2-6-18-9-12/h2-9H,1H3,(H,21,22). The van der Waals surface area contributed by atoms with Crippen molar-refractivity contribution < 1.29 is 14.3 Å². The summed E-state index contributed by atoms with van der Waals surface area (Å²) in [5.41, 5.74) is 2.05. The summed E-state index contributed by atoms with van der Waals surface area (Å²) >= 11 is 0. The van der Waals surface area contributed by atoms with E-state index in [9.17, 15) is 9.18 Å². The van der Waals surface area contributed by atoms with Crippen LogP contribution in [-0.4, -0.2) is 25.8 Å². The third-order valence-electron chi connectivity index (χ3n) is 3.29. The quantitative estimate of drug-likeness (QED) is 0.806. The molecule has 0 bridgehead atoms. The first kappa shape index (κ1) is 13.9. The zero-order chi connectivity index (χ0) is 15.7. The van der Waals surface area contributed by atoms with Crippen LogP contribution in [0.4, 0.5) is 4.39 Å². The summed E-state index contributed by atoms with van der Waals surface area (Å²) < 4.78 is 15.3. The summed E-state index contributed by atoms with van der Waals surface area (Å²) in [7, 11) is 0. The van der Waals surface area contributed by atoms with Gasteiger partial charge in [0.1, 0.15) is 5.82 Å². The van der Waals surface area contributed by atoms with Gasteiger partial charge in [-0.25, -0.2) is 13.9 Å².